The van der Waals surface area contributed by atoms with E-state index >= 15 is 0 Å². The number of aliphatic hydroxyl groups is 2. The van der Waals surface area contributed by atoms with E-state index in [-0.39, 0.29) is 23.0 Å². The van der Waals surface area contributed by atoms with Crippen molar-refractivity contribution in [1.29, 1.82) is 0 Å². The third-order valence-electron chi connectivity index (χ3n) is 8.41. The van der Waals surface area contributed by atoms with E-state index in [1.807, 2.05) is 12.2 Å². The fourth-order valence-corrected chi connectivity index (χ4v) is 6.16. The summed E-state index contributed by atoms with van der Waals surface area (Å²) < 4.78 is 0. The Labute approximate surface area is 257 Å². The lowest BCUT2D eigenvalue weighted by molar-refractivity contribution is 0.117. The Morgan fingerprint density at radius 1 is 0.571 bits per heavy atom. The van der Waals surface area contributed by atoms with Crippen LogP contribution in [0.4, 0.5) is 0 Å². The van der Waals surface area contributed by atoms with Gasteiger partial charge >= 0.3 is 0 Å². The molecular formula is C40H56O2. The minimum absolute atomic E-state index is 0.0574. The normalized spacial score (nSPS) is 28.1. The summed E-state index contributed by atoms with van der Waals surface area (Å²) in [6.45, 7) is 21.6. The van der Waals surface area contributed by atoms with Gasteiger partial charge in [-0.15, -0.1) is 0 Å². The standard InChI is InChI=1S/C40H56O2/c1-29(17-13-19-31(3)21-23-37-33(5)25-35(41)27-39(37,7)8)15-11-12-16-30(2)18-14-20-32(4)22-24-38-34(6)26-36(42)28-40(38,9)10/h11-26,35-38,41-42H,27-28H2,1-10H3/b12-11+,17-13+,18-14+,23-21+,24-22+,29-15-,30-16-,31-19-,32-20-/t35-,36-,37-,38-/m0/s1. The van der Waals surface area contributed by atoms with Gasteiger partial charge in [0.2, 0.25) is 0 Å². The van der Waals surface area contributed by atoms with E-state index < -0.39 is 0 Å². The first-order valence-corrected chi connectivity index (χ1v) is 15.4. The Morgan fingerprint density at radius 2 is 0.881 bits per heavy atom. The first-order chi connectivity index (χ1) is 19.6. The average Bonchev–Trinajstić information content (AvgIpc) is 2.84. The van der Waals surface area contributed by atoms with E-state index in [0.717, 1.165) is 12.8 Å². The molecule has 0 saturated heterocycles. The largest absolute Gasteiger partial charge is 0.389 e. The second kappa shape index (κ2) is 16.1. The summed E-state index contributed by atoms with van der Waals surface area (Å²) in [6, 6.07) is 0. The van der Waals surface area contributed by atoms with Gasteiger partial charge in [-0.3, -0.25) is 0 Å². The van der Waals surface area contributed by atoms with Gasteiger partial charge in [-0.05, 0) is 65.2 Å². The number of aliphatic hydroxyl groups excluding tert-OH is 2. The predicted molar refractivity (Wildman–Crippen MR) is 184 cm³/mol. The van der Waals surface area contributed by atoms with Crippen molar-refractivity contribution < 1.29 is 10.2 Å². The quantitative estimate of drug-likeness (QED) is 0.203. The molecule has 2 N–H and O–H groups in total. The summed E-state index contributed by atoms with van der Waals surface area (Å²) in [5.41, 5.74) is 7.40. The number of allylic oxidation sites excluding steroid dienone is 20. The van der Waals surface area contributed by atoms with Crippen LogP contribution in [-0.2, 0) is 0 Å². The molecule has 4 atom stereocenters. The first kappa shape index (κ1) is 35.3. The Balaban J connectivity index is 1.89. The Morgan fingerprint density at radius 3 is 1.21 bits per heavy atom. The fourth-order valence-electron chi connectivity index (χ4n) is 6.16. The summed E-state index contributed by atoms with van der Waals surface area (Å²) in [5.74, 6) is 0.696. The van der Waals surface area contributed by atoms with E-state index in [2.05, 4.69) is 154 Å². The van der Waals surface area contributed by atoms with Gasteiger partial charge in [-0.2, -0.15) is 0 Å². The number of hydrogen-bond acceptors (Lipinski definition) is 2. The molecule has 2 nitrogen and oxygen atoms in total. The minimum Gasteiger partial charge on any atom is -0.389 e. The van der Waals surface area contributed by atoms with Crippen LogP contribution in [0, 0.1) is 22.7 Å². The fraction of sp³-hybridized carbons (Fsp3) is 0.450. The first-order valence-electron chi connectivity index (χ1n) is 15.4. The molecule has 2 aliphatic carbocycles. The summed E-state index contributed by atoms with van der Waals surface area (Å²) in [6.07, 6.45) is 35.0. The molecule has 0 amide bonds. The SMILES string of the molecule is CC1=C[C@H](O)CC(C)(C)[C@H]1/C=C/C(C)=C\C=C\C(C)=C/C=C/C=C(C)\C=C\C=C(C)/C=C/[C@H]1C(C)=C[C@H](O)CC1(C)C. The molecule has 0 aromatic heterocycles. The zero-order valence-electron chi connectivity index (χ0n) is 27.9. The highest BCUT2D eigenvalue weighted by Gasteiger charge is 2.35. The van der Waals surface area contributed by atoms with E-state index in [4.69, 9.17) is 0 Å². The van der Waals surface area contributed by atoms with Crippen LogP contribution in [0.2, 0.25) is 0 Å². The number of rotatable bonds is 10. The molecule has 0 bridgehead atoms. The topological polar surface area (TPSA) is 40.5 Å². The molecule has 0 unspecified atom stereocenters. The van der Waals surface area contributed by atoms with Crippen LogP contribution in [0.15, 0.2) is 131 Å². The third kappa shape index (κ3) is 11.7. The number of hydrogen-bond donors (Lipinski definition) is 2. The Bertz CT molecular complexity index is 1160. The van der Waals surface area contributed by atoms with Crippen LogP contribution >= 0.6 is 0 Å². The lowest BCUT2D eigenvalue weighted by Crippen LogP contribution is -2.32. The maximum atomic E-state index is 10.1. The van der Waals surface area contributed by atoms with Crippen molar-refractivity contribution in [2.24, 2.45) is 22.7 Å². The molecule has 0 aromatic carbocycles. The zero-order chi connectivity index (χ0) is 31.5. The second-order valence-electron chi connectivity index (χ2n) is 13.8. The summed E-state index contributed by atoms with van der Waals surface area (Å²) >= 11 is 0. The molecule has 0 spiro atoms. The van der Waals surface area contributed by atoms with Crippen LogP contribution < -0.4 is 0 Å². The molecule has 0 aromatic rings. The van der Waals surface area contributed by atoms with Gasteiger partial charge in [-0.25, -0.2) is 0 Å². The Hall–Kier alpha value is -2.94. The van der Waals surface area contributed by atoms with Gasteiger partial charge in [0.25, 0.3) is 0 Å². The highest BCUT2D eigenvalue weighted by molar-refractivity contribution is 5.33. The average molecular weight is 569 g/mol. The monoisotopic (exact) mass is 568 g/mol. The van der Waals surface area contributed by atoms with Crippen LogP contribution in [0.25, 0.3) is 0 Å². The van der Waals surface area contributed by atoms with Gasteiger partial charge in [0.1, 0.15) is 0 Å². The highest BCUT2D eigenvalue weighted by atomic mass is 16.3. The van der Waals surface area contributed by atoms with Gasteiger partial charge in [0.05, 0.1) is 12.2 Å². The van der Waals surface area contributed by atoms with Crippen molar-refractivity contribution in [2.75, 3.05) is 0 Å². The molecule has 0 saturated carbocycles. The van der Waals surface area contributed by atoms with Crippen molar-refractivity contribution >= 4 is 0 Å². The molecule has 2 aliphatic rings. The maximum absolute atomic E-state index is 10.1. The third-order valence-corrected chi connectivity index (χ3v) is 8.41. The van der Waals surface area contributed by atoms with Crippen LogP contribution in [0.1, 0.15) is 82.1 Å². The van der Waals surface area contributed by atoms with E-state index in [9.17, 15) is 10.2 Å². The molecule has 0 heterocycles. The van der Waals surface area contributed by atoms with E-state index in [1.165, 1.54) is 33.4 Å². The Kier molecular flexibility index (Phi) is 13.5. The van der Waals surface area contributed by atoms with Crippen LogP contribution in [0.5, 0.6) is 0 Å². The van der Waals surface area contributed by atoms with Gasteiger partial charge in [0, 0.05) is 11.8 Å². The van der Waals surface area contributed by atoms with Crippen LogP contribution in [-0.4, -0.2) is 22.4 Å². The molecular weight excluding hydrogens is 512 g/mol. The highest BCUT2D eigenvalue weighted by Crippen LogP contribution is 2.42. The predicted octanol–water partition coefficient (Wildman–Crippen LogP) is 10.3. The van der Waals surface area contributed by atoms with Crippen molar-refractivity contribution in [1.82, 2.24) is 0 Å². The maximum Gasteiger partial charge on any atom is 0.0729 e. The molecule has 2 rings (SSSR count). The second-order valence-corrected chi connectivity index (χ2v) is 13.8. The molecule has 0 fully saturated rings. The van der Waals surface area contributed by atoms with Gasteiger partial charge < -0.3 is 10.2 Å². The smallest absolute Gasteiger partial charge is 0.0729 e. The molecule has 2 heteroatoms. The molecule has 0 aliphatic heterocycles. The lowest BCUT2D eigenvalue weighted by Gasteiger charge is -2.38. The van der Waals surface area contributed by atoms with Crippen molar-refractivity contribution in [3.8, 4) is 0 Å². The van der Waals surface area contributed by atoms with Crippen molar-refractivity contribution in [2.45, 2.75) is 94.3 Å². The van der Waals surface area contributed by atoms with Crippen molar-refractivity contribution in [3.63, 3.8) is 0 Å². The summed E-state index contributed by atoms with van der Waals surface area (Å²) in [7, 11) is 0. The van der Waals surface area contributed by atoms with Gasteiger partial charge in [0.15, 0.2) is 0 Å². The van der Waals surface area contributed by atoms with Crippen LogP contribution in [0.3, 0.4) is 0 Å². The van der Waals surface area contributed by atoms with E-state index in [0.29, 0.717) is 11.8 Å². The van der Waals surface area contributed by atoms with E-state index in [1.54, 1.807) is 0 Å². The lowest BCUT2D eigenvalue weighted by atomic mass is 9.67. The zero-order valence-corrected chi connectivity index (χ0v) is 27.9. The minimum atomic E-state index is -0.331. The molecule has 228 valence electrons. The summed E-state index contributed by atoms with van der Waals surface area (Å²) in [5, 5.41) is 20.1. The summed E-state index contributed by atoms with van der Waals surface area (Å²) in [4.78, 5) is 0. The molecule has 42 heavy (non-hydrogen) atoms. The van der Waals surface area contributed by atoms with Gasteiger partial charge in [-0.1, -0.05) is 158 Å². The van der Waals surface area contributed by atoms with Crippen molar-refractivity contribution in [3.05, 3.63) is 131 Å². The molecule has 0 radical (unpaired) electrons.